The first kappa shape index (κ1) is 17.9. The van der Waals surface area contributed by atoms with Crippen molar-refractivity contribution < 1.29 is 17.9 Å². The Morgan fingerprint density at radius 1 is 1.43 bits per heavy atom. The summed E-state index contributed by atoms with van der Waals surface area (Å²) in [4.78, 5) is 12.1. The number of ether oxygens (including phenoxy) is 1. The van der Waals surface area contributed by atoms with Crippen LogP contribution in [0.3, 0.4) is 0 Å². The molecule has 1 fully saturated rings. The van der Waals surface area contributed by atoms with Crippen molar-refractivity contribution in [3.05, 3.63) is 24.3 Å². The van der Waals surface area contributed by atoms with Crippen molar-refractivity contribution in [2.75, 3.05) is 32.1 Å². The minimum atomic E-state index is -3.52. The lowest BCUT2D eigenvalue weighted by Crippen LogP contribution is -2.48. The van der Waals surface area contributed by atoms with Crippen molar-refractivity contribution >= 4 is 34.0 Å². The molecule has 1 aromatic rings. The van der Waals surface area contributed by atoms with E-state index in [1.165, 1.54) is 19.2 Å². The molecule has 1 aromatic carbocycles. The van der Waals surface area contributed by atoms with E-state index in [9.17, 15) is 13.2 Å². The zero-order valence-corrected chi connectivity index (χ0v) is 13.1. The van der Waals surface area contributed by atoms with Crippen LogP contribution in [0.5, 0.6) is 0 Å². The van der Waals surface area contributed by atoms with Crippen LogP contribution in [0.4, 0.5) is 5.69 Å². The van der Waals surface area contributed by atoms with Gasteiger partial charge < -0.3 is 15.4 Å². The zero-order chi connectivity index (χ0) is 14.6. The number of rotatable bonds is 4. The molecular weight excluding hydrogens is 318 g/mol. The van der Waals surface area contributed by atoms with E-state index in [1.807, 2.05) is 0 Å². The van der Waals surface area contributed by atoms with Crippen molar-refractivity contribution in [3.8, 4) is 0 Å². The normalized spacial score (nSPS) is 18.6. The number of carbonyl (C=O) groups is 1. The fraction of sp³-hybridized carbons (Fsp3) is 0.417. The maximum absolute atomic E-state index is 12.0. The molecule has 7 nitrogen and oxygen atoms in total. The highest BCUT2D eigenvalue weighted by Crippen LogP contribution is 2.15. The third kappa shape index (κ3) is 4.65. The van der Waals surface area contributed by atoms with E-state index in [0.717, 1.165) is 0 Å². The lowest BCUT2D eigenvalue weighted by molar-refractivity contribution is -0.120. The summed E-state index contributed by atoms with van der Waals surface area (Å²) < 4.78 is 30.8. The summed E-state index contributed by atoms with van der Waals surface area (Å²) in [5.41, 5.74) is 0.429. The average Bonchev–Trinajstić information content (AvgIpc) is 2.48. The van der Waals surface area contributed by atoms with E-state index >= 15 is 0 Å². The van der Waals surface area contributed by atoms with Gasteiger partial charge in [0.25, 0.3) is 0 Å². The van der Waals surface area contributed by atoms with E-state index in [2.05, 4.69) is 15.4 Å². The first-order chi connectivity index (χ1) is 9.53. The Hall–Kier alpha value is -1.19. The Kier molecular flexibility index (Phi) is 6.56. The van der Waals surface area contributed by atoms with Gasteiger partial charge in [0.05, 0.1) is 18.1 Å². The quantitative estimate of drug-likeness (QED) is 0.716. The van der Waals surface area contributed by atoms with Crippen LogP contribution < -0.4 is 15.4 Å². The summed E-state index contributed by atoms with van der Waals surface area (Å²) >= 11 is 0. The predicted molar refractivity (Wildman–Crippen MR) is 81.2 cm³/mol. The van der Waals surface area contributed by atoms with Gasteiger partial charge in [0.15, 0.2) is 0 Å². The molecule has 0 aromatic heterocycles. The smallest absolute Gasteiger partial charge is 0.243 e. The Morgan fingerprint density at radius 2 is 2.19 bits per heavy atom. The third-order valence-corrected chi connectivity index (χ3v) is 4.33. The van der Waals surface area contributed by atoms with E-state index in [-0.39, 0.29) is 23.2 Å². The molecule has 1 heterocycles. The molecule has 1 amide bonds. The molecule has 2 rings (SSSR count). The minimum absolute atomic E-state index is 0. The van der Waals surface area contributed by atoms with E-state index in [0.29, 0.717) is 25.4 Å². The second-order valence-corrected chi connectivity index (χ2v) is 6.19. The van der Waals surface area contributed by atoms with Crippen LogP contribution in [-0.2, 0) is 19.6 Å². The molecule has 0 radical (unpaired) electrons. The van der Waals surface area contributed by atoms with Gasteiger partial charge in [0.1, 0.15) is 6.04 Å². The van der Waals surface area contributed by atoms with Crippen molar-refractivity contribution in [1.82, 2.24) is 10.0 Å². The molecule has 0 aliphatic carbocycles. The number of nitrogens with one attached hydrogen (secondary N) is 3. The molecule has 1 aliphatic heterocycles. The van der Waals surface area contributed by atoms with Crippen LogP contribution in [0.25, 0.3) is 0 Å². The van der Waals surface area contributed by atoms with Gasteiger partial charge in [-0.15, -0.1) is 12.4 Å². The Balaban J connectivity index is 0.00000220. The second kappa shape index (κ2) is 7.71. The maximum atomic E-state index is 12.0. The molecule has 1 unspecified atom stereocenters. The number of anilines is 1. The van der Waals surface area contributed by atoms with Gasteiger partial charge in [-0.25, -0.2) is 13.1 Å². The molecule has 1 atom stereocenters. The zero-order valence-electron chi connectivity index (χ0n) is 11.5. The summed E-state index contributed by atoms with van der Waals surface area (Å²) in [6.45, 7) is 1.51. The average molecular weight is 336 g/mol. The SMILES string of the molecule is CNS(=O)(=O)c1cccc(NC(=O)C2COCCN2)c1.Cl. The van der Waals surface area contributed by atoms with Gasteiger partial charge in [-0.2, -0.15) is 0 Å². The minimum Gasteiger partial charge on any atom is -0.378 e. The third-order valence-electron chi connectivity index (χ3n) is 2.92. The van der Waals surface area contributed by atoms with Crippen LogP contribution in [-0.4, -0.2) is 47.2 Å². The number of hydrogen-bond acceptors (Lipinski definition) is 5. The largest absolute Gasteiger partial charge is 0.378 e. The summed E-state index contributed by atoms with van der Waals surface area (Å²) in [7, 11) is -2.19. The van der Waals surface area contributed by atoms with Gasteiger partial charge in [0.2, 0.25) is 15.9 Å². The van der Waals surface area contributed by atoms with Crippen molar-refractivity contribution in [3.63, 3.8) is 0 Å². The number of carbonyl (C=O) groups excluding carboxylic acids is 1. The topological polar surface area (TPSA) is 96.5 Å². The number of sulfonamides is 1. The Labute approximate surface area is 129 Å². The predicted octanol–water partition coefficient (Wildman–Crippen LogP) is -0.0566. The van der Waals surface area contributed by atoms with Crippen LogP contribution in [0.15, 0.2) is 29.2 Å². The fourth-order valence-corrected chi connectivity index (χ4v) is 2.60. The number of morpholine rings is 1. The van der Waals surface area contributed by atoms with E-state index < -0.39 is 16.1 Å². The van der Waals surface area contributed by atoms with Crippen molar-refractivity contribution in [1.29, 1.82) is 0 Å². The fourth-order valence-electron chi connectivity index (χ4n) is 1.82. The first-order valence-corrected chi connectivity index (χ1v) is 7.67. The molecule has 0 saturated carbocycles. The molecular formula is C12H18ClN3O4S. The molecule has 0 bridgehead atoms. The molecule has 1 saturated heterocycles. The number of benzene rings is 1. The molecule has 0 spiro atoms. The lowest BCUT2D eigenvalue weighted by atomic mass is 10.2. The Bertz CT molecular complexity index is 588. The van der Waals surface area contributed by atoms with Gasteiger partial charge in [-0.05, 0) is 25.2 Å². The highest BCUT2D eigenvalue weighted by molar-refractivity contribution is 7.89. The van der Waals surface area contributed by atoms with Crippen LogP contribution in [0, 0.1) is 0 Å². The highest BCUT2D eigenvalue weighted by atomic mass is 35.5. The summed E-state index contributed by atoms with van der Waals surface area (Å²) in [5.74, 6) is -0.247. The molecule has 1 aliphatic rings. The van der Waals surface area contributed by atoms with Gasteiger partial charge >= 0.3 is 0 Å². The Morgan fingerprint density at radius 3 is 2.81 bits per heavy atom. The molecule has 118 valence electrons. The first-order valence-electron chi connectivity index (χ1n) is 6.18. The second-order valence-electron chi connectivity index (χ2n) is 4.31. The highest BCUT2D eigenvalue weighted by Gasteiger charge is 2.21. The lowest BCUT2D eigenvalue weighted by Gasteiger charge is -2.22. The van der Waals surface area contributed by atoms with Gasteiger partial charge in [0, 0.05) is 12.2 Å². The van der Waals surface area contributed by atoms with Gasteiger partial charge in [-0.3, -0.25) is 4.79 Å². The molecule has 9 heteroatoms. The van der Waals surface area contributed by atoms with Gasteiger partial charge in [-0.1, -0.05) is 6.07 Å². The van der Waals surface area contributed by atoms with Crippen molar-refractivity contribution in [2.45, 2.75) is 10.9 Å². The number of hydrogen-bond donors (Lipinski definition) is 3. The number of amides is 1. The maximum Gasteiger partial charge on any atom is 0.243 e. The van der Waals surface area contributed by atoms with Crippen LogP contribution in [0.2, 0.25) is 0 Å². The summed E-state index contributed by atoms with van der Waals surface area (Å²) in [6.07, 6.45) is 0. The number of halogens is 1. The van der Waals surface area contributed by atoms with E-state index in [4.69, 9.17) is 4.74 Å². The monoisotopic (exact) mass is 335 g/mol. The molecule has 21 heavy (non-hydrogen) atoms. The standard InChI is InChI=1S/C12H17N3O4S.ClH/c1-13-20(17,18)10-4-2-3-9(7-10)15-12(16)11-8-19-6-5-14-11;/h2-4,7,11,13-14H,5-6,8H2,1H3,(H,15,16);1H. The van der Waals surface area contributed by atoms with Crippen LogP contribution in [0.1, 0.15) is 0 Å². The van der Waals surface area contributed by atoms with Crippen LogP contribution >= 0.6 is 12.4 Å². The van der Waals surface area contributed by atoms with Crippen molar-refractivity contribution in [2.24, 2.45) is 0 Å². The summed E-state index contributed by atoms with van der Waals surface area (Å²) in [6, 6.07) is 5.66. The summed E-state index contributed by atoms with van der Waals surface area (Å²) in [5, 5.41) is 5.70. The van der Waals surface area contributed by atoms with E-state index in [1.54, 1.807) is 12.1 Å². The molecule has 3 N–H and O–H groups in total.